The molecule has 3 aliphatic rings. The van der Waals surface area contributed by atoms with Gasteiger partial charge in [-0.2, -0.15) is 10.2 Å². The Labute approximate surface area is 214 Å². The molecule has 2 unspecified atom stereocenters. The van der Waals surface area contributed by atoms with Crippen molar-refractivity contribution in [2.75, 3.05) is 29.2 Å². The fraction of sp³-hybridized carbons (Fsp3) is 0.500. The van der Waals surface area contributed by atoms with Crippen LogP contribution in [-0.4, -0.2) is 62.2 Å². The van der Waals surface area contributed by atoms with Crippen LogP contribution >= 0.6 is 0 Å². The number of hydrazine groups is 3. The molecule has 3 saturated heterocycles. The van der Waals surface area contributed by atoms with Crippen LogP contribution in [0.1, 0.15) is 51.5 Å². The smallest absolute Gasteiger partial charge is 0.355 e. The van der Waals surface area contributed by atoms with Gasteiger partial charge in [0.1, 0.15) is 28.9 Å². The lowest BCUT2D eigenvalue weighted by Gasteiger charge is -2.53. The van der Waals surface area contributed by atoms with E-state index in [1.165, 1.54) is 32.2 Å². The number of halogens is 1. The molecule has 13 heteroatoms. The molecule has 3 fully saturated rings. The van der Waals surface area contributed by atoms with Gasteiger partial charge in [0.2, 0.25) is 5.95 Å². The summed E-state index contributed by atoms with van der Waals surface area (Å²) in [6.07, 6.45) is 6.85. The summed E-state index contributed by atoms with van der Waals surface area (Å²) in [5.74, 6) is -0.738. The number of nitrogens with zero attached hydrogens (tertiary/aromatic N) is 6. The summed E-state index contributed by atoms with van der Waals surface area (Å²) in [6.45, 7) is 5.63. The van der Waals surface area contributed by atoms with Gasteiger partial charge in [-0.25, -0.2) is 24.2 Å². The first-order valence-corrected chi connectivity index (χ1v) is 12.4. The van der Waals surface area contributed by atoms with Crippen LogP contribution in [0.15, 0.2) is 18.3 Å². The summed E-state index contributed by atoms with van der Waals surface area (Å²) < 4.78 is 14.7. The van der Waals surface area contributed by atoms with Crippen LogP contribution < -0.4 is 26.7 Å². The van der Waals surface area contributed by atoms with Crippen LogP contribution in [0.25, 0.3) is 0 Å². The average Bonchev–Trinajstić information content (AvgIpc) is 3.18. The van der Waals surface area contributed by atoms with E-state index in [9.17, 15) is 19.6 Å². The van der Waals surface area contributed by atoms with E-state index in [0.717, 1.165) is 41.9 Å². The number of benzene rings is 1. The van der Waals surface area contributed by atoms with E-state index in [2.05, 4.69) is 56.5 Å². The van der Waals surface area contributed by atoms with Crippen molar-refractivity contribution in [3.8, 4) is 11.8 Å². The van der Waals surface area contributed by atoms with E-state index in [4.69, 9.17) is 0 Å². The van der Waals surface area contributed by atoms with Gasteiger partial charge in [0, 0.05) is 30.7 Å². The zero-order valence-corrected chi connectivity index (χ0v) is 21.0. The second-order valence-electron chi connectivity index (χ2n) is 10.4. The average molecular weight is 511 g/mol. The fourth-order valence-corrected chi connectivity index (χ4v) is 5.59. The molecule has 0 saturated carbocycles. The molecule has 0 spiro atoms. The lowest BCUT2D eigenvalue weighted by molar-refractivity contribution is -0.00500. The maximum absolute atomic E-state index is 14.7. The Kier molecular flexibility index (Phi) is 6.49. The molecule has 1 aromatic carbocycles. The molecule has 2 aromatic rings. The molecule has 5 N–H and O–H groups in total. The van der Waals surface area contributed by atoms with E-state index >= 15 is 0 Å². The molecule has 4 heterocycles. The molecular formula is C24H31FN10O2. The monoisotopic (exact) mass is 510 g/mol. The number of carbonyl (C=O) groups excluding carboxylic acids is 1. The first kappa shape index (κ1) is 24.9. The normalized spacial score (nSPS) is 23.5. The third-order valence-corrected chi connectivity index (χ3v) is 7.32. The molecule has 3 aliphatic heterocycles. The van der Waals surface area contributed by atoms with Crippen LogP contribution in [0, 0.1) is 17.1 Å². The van der Waals surface area contributed by atoms with Gasteiger partial charge in [-0.05, 0) is 52.1 Å². The summed E-state index contributed by atoms with van der Waals surface area (Å²) in [7, 11) is 1.49. The van der Waals surface area contributed by atoms with E-state index in [1.54, 1.807) is 0 Å². The van der Waals surface area contributed by atoms with Crippen molar-refractivity contribution in [3.05, 3.63) is 29.7 Å². The Morgan fingerprint density at radius 2 is 2.11 bits per heavy atom. The lowest BCUT2D eigenvalue weighted by Crippen LogP contribution is -2.59. The Bertz CT molecular complexity index is 1250. The molecule has 37 heavy (non-hydrogen) atoms. The van der Waals surface area contributed by atoms with Gasteiger partial charge in [-0.1, -0.05) is 6.42 Å². The van der Waals surface area contributed by atoms with E-state index in [1.807, 2.05) is 0 Å². The number of anilines is 4. The number of amides is 2. The molecule has 2 atom stereocenters. The number of urea groups is 1. The fourth-order valence-electron chi connectivity index (χ4n) is 5.59. The highest BCUT2D eigenvalue weighted by molar-refractivity contribution is 5.94. The molecule has 2 amide bonds. The summed E-state index contributed by atoms with van der Waals surface area (Å²) in [4.78, 5) is 23.5. The number of aromatic hydroxyl groups is 1. The SMILES string of the molecule is CN1NNN(c2cc(Nc3ncc(C#N)c(NC4CC5CCCCN5C(C)(C)C4)n3)c(F)cc2O)C1=O. The standard InChI is InChI=1S/C24H31FN10O2/c1-24(2)11-15(8-16-6-4-5-7-34(16)24)28-21-14(12-26)13-27-22(30-21)29-18-10-19(20(36)9-17(18)25)35-23(37)33(3)31-32-35/h9-10,13,15-16,31-32,36H,4-8,11H2,1-3H3,(H2,27,28,29,30). The third-order valence-electron chi connectivity index (χ3n) is 7.32. The molecular weight excluding hydrogens is 479 g/mol. The number of carbonyl (C=O) groups is 1. The highest BCUT2D eigenvalue weighted by Crippen LogP contribution is 2.38. The maximum Gasteiger partial charge on any atom is 0.355 e. The number of aromatic nitrogens is 2. The van der Waals surface area contributed by atoms with Gasteiger partial charge < -0.3 is 15.7 Å². The van der Waals surface area contributed by atoms with Gasteiger partial charge in [0.05, 0.1) is 11.9 Å². The number of fused-ring (bicyclic) bond motifs is 1. The van der Waals surface area contributed by atoms with Crippen molar-refractivity contribution >= 4 is 29.2 Å². The van der Waals surface area contributed by atoms with Crippen molar-refractivity contribution in [1.82, 2.24) is 30.9 Å². The second kappa shape index (κ2) is 9.62. The number of piperidine rings is 2. The zero-order chi connectivity index (χ0) is 26.3. The van der Waals surface area contributed by atoms with E-state index in [0.29, 0.717) is 17.4 Å². The highest BCUT2D eigenvalue weighted by Gasteiger charge is 2.41. The zero-order valence-electron chi connectivity index (χ0n) is 21.0. The van der Waals surface area contributed by atoms with Crippen LogP contribution in [0.3, 0.4) is 0 Å². The minimum atomic E-state index is -0.761. The minimum Gasteiger partial charge on any atom is -0.506 e. The number of hydrogen-bond acceptors (Lipinski definition) is 10. The maximum atomic E-state index is 14.7. The molecule has 5 rings (SSSR count). The van der Waals surface area contributed by atoms with Gasteiger partial charge in [0.15, 0.2) is 5.82 Å². The minimum absolute atomic E-state index is 0.0253. The third kappa shape index (κ3) is 4.83. The largest absolute Gasteiger partial charge is 0.506 e. The molecule has 0 bridgehead atoms. The van der Waals surface area contributed by atoms with Crippen molar-refractivity contribution in [2.45, 2.75) is 63.6 Å². The summed E-state index contributed by atoms with van der Waals surface area (Å²) >= 11 is 0. The number of nitriles is 1. The molecule has 196 valence electrons. The summed E-state index contributed by atoms with van der Waals surface area (Å²) in [5, 5.41) is 28.4. The lowest BCUT2D eigenvalue weighted by atomic mass is 9.79. The first-order valence-electron chi connectivity index (χ1n) is 12.4. The second-order valence-corrected chi connectivity index (χ2v) is 10.4. The summed E-state index contributed by atoms with van der Waals surface area (Å²) in [5.41, 5.74) is 5.46. The van der Waals surface area contributed by atoms with Gasteiger partial charge in [-0.15, -0.1) is 11.1 Å². The Balaban J connectivity index is 1.38. The van der Waals surface area contributed by atoms with Crippen molar-refractivity contribution in [1.29, 1.82) is 5.26 Å². The van der Waals surface area contributed by atoms with Crippen molar-refractivity contribution in [2.24, 2.45) is 0 Å². The number of phenols is 1. The van der Waals surface area contributed by atoms with Crippen LogP contribution in [-0.2, 0) is 0 Å². The van der Waals surface area contributed by atoms with Crippen LogP contribution in [0.4, 0.5) is 32.3 Å². The predicted octanol–water partition coefficient (Wildman–Crippen LogP) is 2.94. The number of phenolic OH excluding ortho intramolecular Hbond substituents is 1. The number of rotatable bonds is 5. The topological polar surface area (TPSA) is 145 Å². The van der Waals surface area contributed by atoms with Gasteiger partial charge in [0.25, 0.3) is 0 Å². The Morgan fingerprint density at radius 1 is 1.30 bits per heavy atom. The number of nitrogens with one attached hydrogen (secondary N) is 4. The molecule has 1 aromatic heterocycles. The molecule has 0 aliphatic carbocycles. The van der Waals surface area contributed by atoms with E-state index < -0.39 is 17.6 Å². The molecule has 0 radical (unpaired) electrons. The van der Waals surface area contributed by atoms with Crippen molar-refractivity contribution in [3.63, 3.8) is 0 Å². The quantitative estimate of drug-likeness (QED) is 0.381. The molecule has 12 nitrogen and oxygen atoms in total. The Hall–Kier alpha value is -3.73. The van der Waals surface area contributed by atoms with Gasteiger partial charge in [-0.3, -0.25) is 4.90 Å². The first-order chi connectivity index (χ1) is 17.7. The van der Waals surface area contributed by atoms with Crippen LogP contribution in [0.2, 0.25) is 0 Å². The van der Waals surface area contributed by atoms with Gasteiger partial charge >= 0.3 is 6.03 Å². The summed E-state index contributed by atoms with van der Waals surface area (Å²) in [6, 6.07) is 4.41. The predicted molar refractivity (Wildman–Crippen MR) is 135 cm³/mol. The highest BCUT2D eigenvalue weighted by atomic mass is 19.1. The van der Waals surface area contributed by atoms with Crippen molar-refractivity contribution < 1.29 is 14.3 Å². The Morgan fingerprint density at radius 3 is 2.84 bits per heavy atom. The van der Waals surface area contributed by atoms with Crippen LogP contribution in [0.5, 0.6) is 5.75 Å². The number of hydrogen-bond donors (Lipinski definition) is 5. The van der Waals surface area contributed by atoms with E-state index in [-0.39, 0.29) is 28.9 Å².